The molecule has 10 nitrogen and oxygen atoms in total. The minimum atomic E-state index is -2.20. The second-order valence-corrected chi connectivity index (χ2v) is 30.4. The van der Waals surface area contributed by atoms with Crippen LogP contribution >= 0.6 is 0 Å². The molecule has 0 saturated carbocycles. The first-order chi connectivity index (χ1) is 26.6. The predicted molar refractivity (Wildman–Crippen MR) is 237 cm³/mol. The lowest BCUT2D eigenvalue weighted by atomic mass is 9.72. The predicted octanol–water partition coefficient (Wildman–Crippen LogP) is 10.1. The standard InChI is InChI=1S/C46H82O10Si2/c1-20-21-37-32(4)39(56-58(18,19)44(9,10)11)27-46(54-37)45(12,13)42(51-29-34-22-24-35(49-14)25-23-34)41(55-46)38(50-15)26-36(48)31(3)40(53-33(5)47)30(2)28-52-57(16,17)43(6,7)8/h20,22-25,30-32,36-42,48H,1,21,26-29H2,2-19H3/t30-,31+,32-,36+,37+,38+,39-,40-,41-,42+,46+/m1/s1. The van der Waals surface area contributed by atoms with Crippen molar-refractivity contribution in [1.29, 1.82) is 0 Å². The molecule has 0 aliphatic carbocycles. The number of carbonyl (C=O) groups is 1. The summed E-state index contributed by atoms with van der Waals surface area (Å²) < 4.78 is 52.9. The third kappa shape index (κ3) is 11.6. The van der Waals surface area contributed by atoms with E-state index in [1.807, 2.05) is 44.2 Å². The normalized spacial score (nSPS) is 28.1. The summed E-state index contributed by atoms with van der Waals surface area (Å²) in [7, 11) is -0.970. The topological polar surface area (TPSA) is 111 Å². The minimum absolute atomic E-state index is 0.0109. The van der Waals surface area contributed by atoms with Gasteiger partial charge in [-0.3, -0.25) is 4.79 Å². The zero-order valence-corrected chi connectivity index (χ0v) is 41.5. The Bertz CT molecular complexity index is 1470. The number of aliphatic hydroxyl groups is 1. The van der Waals surface area contributed by atoms with Crippen molar-refractivity contribution in [1.82, 2.24) is 0 Å². The van der Waals surface area contributed by atoms with Crippen LogP contribution in [-0.2, 0) is 43.9 Å². The third-order valence-electron chi connectivity index (χ3n) is 14.2. The van der Waals surface area contributed by atoms with Crippen LogP contribution in [0.25, 0.3) is 0 Å². The van der Waals surface area contributed by atoms with E-state index in [9.17, 15) is 9.90 Å². The van der Waals surface area contributed by atoms with E-state index in [0.29, 0.717) is 26.1 Å². The van der Waals surface area contributed by atoms with Gasteiger partial charge in [0.15, 0.2) is 22.4 Å². The Kier molecular flexibility index (Phi) is 17.2. The smallest absolute Gasteiger partial charge is 0.302 e. The molecule has 2 saturated heterocycles. The molecule has 2 aliphatic rings. The molecule has 2 fully saturated rings. The highest BCUT2D eigenvalue weighted by molar-refractivity contribution is 6.74. The van der Waals surface area contributed by atoms with Gasteiger partial charge in [-0.25, -0.2) is 0 Å². The number of aliphatic hydroxyl groups excluding tert-OH is 1. The van der Waals surface area contributed by atoms with Crippen molar-refractivity contribution >= 4 is 22.6 Å². The van der Waals surface area contributed by atoms with Gasteiger partial charge in [0.05, 0.1) is 44.2 Å². The molecular formula is C46H82O10Si2. The van der Waals surface area contributed by atoms with Gasteiger partial charge in [-0.1, -0.05) is 94.4 Å². The molecule has 12 heteroatoms. The van der Waals surface area contributed by atoms with Crippen LogP contribution in [0.5, 0.6) is 5.75 Å². The molecule has 1 aromatic carbocycles. The fourth-order valence-corrected chi connectivity index (χ4v) is 10.4. The van der Waals surface area contributed by atoms with Crippen LogP contribution in [0.3, 0.4) is 0 Å². The molecule has 3 rings (SSSR count). The Hall–Kier alpha value is -1.62. The molecule has 2 aliphatic heterocycles. The van der Waals surface area contributed by atoms with Gasteiger partial charge in [0.25, 0.3) is 0 Å². The Labute approximate surface area is 354 Å². The fourth-order valence-electron chi connectivity index (χ4n) is 7.88. The van der Waals surface area contributed by atoms with E-state index in [1.54, 1.807) is 14.2 Å². The summed E-state index contributed by atoms with van der Waals surface area (Å²) in [5.74, 6) is -1.23. The third-order valence-corrected chi connectivity index (χ3v) is 23.2. The van der Waals surface area contributed by atoms with Gasteiger partial charge in [0.1, 0.15) is 18.0 Å². The lowest BCUT2D eigenvalue weighted by molar-refractivity contribution is -0.333. The van der Waals surface area contributed by atoms with Gasteiger partial charge in [-0.2, -0.15) is 0 Å². The van der Waals surface area contributed by atoms with Crippen molar-refractivity contribution < 1.29 is 47.2 Å². The van der Waals surface area contributed by atoms with Crippen LogP contribution in [0.15, 0.2) is 36.9 Å². The molecule has 0 aromatic heterocycles. The zero-order valence-electron chi connectivity index (χ0n) is 39.5. The van der Waals surface area contributed by atoms with Crippen molar-refractivity contribution in [2.45, 2.75) is 194 Å². The summed E-state index contributed by atoms with van der Waals surface area (Å²) in [5.41, 5.74) is 0.293. The highest BCUT2D eigenvalue weighted by atomic mass is 28.4. The maximum atomic E-state index is 12.5. The first-order valence-corrected chi connectivity index (χ1v) is 27.3. The summed E-state index contributed by atoms with van der Waals surface area (Å²) in [4.78, 5) is 12.5. The first-order valence-electron chi connectivity index (χ1n) is 21.5. The van der Waals surface area contributed by atoms with E-state index in [1.165, 1.54) is 6.92 Å². The molecule has 0 amide bonds. The first kappa shape index (κ1) is 50.7. The number of rotatable bonds is 19. The van der Waals surface area contributed by atoms with Gasteiger partial charge in [0, 0.05) is 56.7 Å². The largest absolute Gasteiger partial charge is 0.497 e. The Balaban J connectivity index is 2.03. The number of ether oxygens (including phenoxy) is 6. The molecule has 0 unspecified atom stereocenters. The average Bonchev–Trinajstić information content (AvgIpc) is 3.32. The van der Waals surface area contributed by atoms with E-state index in [-0.39, 0.29) is 40.5 Å². The lowest BCUT2D eigenvalue weighted by Gasteiger charge is -2.53. The quantitative estimate of drug-likeness (QED) is 0.0821. The van der Waals surface area contributed by atoms with Gasteiger partial charge in [-0.05, 0) is 60.4 Å². The van der Waals surface area contributed by atoms with Crippen molar-refractivity contribution in [3.63, 3.8) is 0 Å². The van der Waals surface area contributed by atoms with Crippen LogP contribution in [0.4, 0.5) is 0 Å². The molecule has 2 heterocycles. The van der Waals surface area contributed by atoms with E-state index < -0.39 is 70.2 Å². The molecule has 334 valence electrons. The van der Waals surface area contributed by atoms with Crippen molar-refractivity contribution in [2.75, 3.05) is 20.8 Å². The van der Waals surface area contributed by atoms with Crippen LogP contribution < -0.4 is 4.74 Å². The molecule has 1 aromatic rings. The molecule has 0 bridgehead atoms. The molecule has 58 heavy (non-hydrogen) atoms. The monoisotopic (exact) mass is 851 g/mol. The number of hydrogen-bond acceptors (Lipinski definition) is 10. The summed E-state index contributed by atoms with van der Waals surface area (Å²) in [6, 6.07) is 7.85. The zero-order chi connectivity index (χ0) is 44.2. The summed E-state index contributed by atoms with van der Waals surface area (Å²) in [6.07, 6.45) is -0.295. The van der Waals surface area contributed by atoms with Crippen LogP contribution in [0.2, 0.25) is 36.3 Å². The second-order valence-electron chi connectivity index (χ2n) is 20.9. The van der Waals surface area contributed by atoms with Crippen LogP contribution in [-0.4, -0.2) is 97.1 Å². The maximum Gasteiger partial charge on any atom is 0.302 e. The highest BCUT2D eigenvalue weighted by Crippen LogP contribution is 2.57. The van der Waals surface area contributed by atoms with Crippen LogP contribution in [0.1, 0.15) is 108 Å². The molecule has 1 N–H and O–H groups in total. The summed E-state index contributed by atoms with van der Waals surface area (Å²) >= 11 is 0. The van der Waals surface area contributed by atoms with E-state index in [0.717, 1.165) is 11.3 Å². The minimum Gasteiger partial charge on any atom is -0.497 e. The van der Waals surface area contributed by atoms with Gasteiger partial charge < -0.3 is 42.4 Å². The maximum absolute atomic E-state index is 12.5. The van der Waals surface area contributed by atoms with Crippen molar-refractivity contribution in [3.05, 3.63) is 42.5 Å². The highest BCUT2D eigenvalue weighted by Gasteiger charge is 2.67. The van der Waals surface area contributed by atoms with Crippen molar-refractivity contribution in [2.24, 2.45) is 23.2 Å². The number of carbonyl (C=O) groups excluding carboxylic acids is 1. The molecule has 0 radical (unpaired) electrons. The van der Waals surface area contributed by atoms with Gasteiger partial charge in [0.2, 0.25) is 0 Å². The Morgan fingerprint density at radius 1 is 1.00 bits per heavy atom. The van der Waals surface area contributed by atoms with Gasteiger partial charge >= 0.3 is 5.97 Å². The van der Waals surface area contributed by atoms with Crippen LogP contribution in [0, 0.1) is 23.2 Å². The summed E-state index contributed by atoms with van der Waals surface area (Å²) in [6.45, 7) is 39.1. The SMILES string of the molecule is C=CC[C@@H]1O[C@@]2(C[C@@H](O[Si](C)(C)C(C)(C)C)[C@@H]1C)O[C@H]([C@H](C[C@H](O)[C@H](C)[C@H](OC(C)=O)[C@H](C)CO[Si](C)(C)C(C)(C)C)OC)[C@H](OCc1ccc(OC)cc1)C2(C)C. The van der Waals surface area contributed by atoms with Gasteiger partial charge in [-0.15, -0.1) is 6.58 Å². The van der Waals surface area contributed by atoms with E-state index >= 15 is 0 Å². The Morgan fingerprint density at radius 3 is 2.09 bits per heavy atom. The number of methoxy groups -OCH3 is 2. The molecule has 11 atom stereocenters. The van der Waals surface area contributed by atoms with Crippen molar-refractivity contribution in [3.8, 4) is 5.75 Å². The average molecular weight is 851 g/mol. The fraction of sp³-hybridized carbons (Fsp3) is 0.804. The number of hydrogen-bond donors (Lipinski definition) is 1. The number of benzene rings is 1. The summed E-state index contributed by atoms with van der Waals surface area (Å²) in [5, 5.41) is 12.1. The molecule has 1 spiro atoms. The molecular weight excluding hydrogens is 769 g/mol. The van der Waals surface area contributed by atoms with E-state index in [2.05, 4.69) is 95.1 Å². The van der Waals surface area contributed by atoms with E-state index in [4.69, 9.17) is 37.3 Å². The Morgan fingerprint density at radius 2 is 1.59 bits per heavy atom. The lowest BCUT2D eigenvalue weighted by Crippen LogP contribution is -2.60. The second kappa shape index (κ2) is 19.6. The number of esters is 1.